The number of nitrogens with two attached hydrogens (primary N) is 1. The van der Waals surface area contributed by atoms with E-state index in [2.05, 4.69) is 168 Å². The number of rotatable bonds is 4. The number of thiophene rings is 2. The van der Waals surface area contributed by atoms with Crippen LogP contribution in [0.4, 0.5) is 5.69 Å². The molecule has 2 N–H and O–H groups in total. The van der Waals surface area contributed by atoms with Gasteiger partial charge in [-0.25, -0.2) is 0 Å². The van der Waals surface area contributed by atoms with Crippen LogP contribution in [0.3, 0.4) is 0 Å². The van der Waals surface area contributed by atoms with Gasteiger partial charge in [0.05, 0.1) is 1.37 Å². The van der Waals surface area contributed by atoms with Crippen LogP contribution in [0.15, 0.2) is 199 Å². The van der Waals surface area contributed by atoms with E-state index in [1.54, 1.807) is 0 Å². The normalized spacial score (nSPS) is 11.2. The highest BCUT2D eigenvalue weighted by atomic mass is 127. The molecule has 0 saturated carbocycles. The molecule has 0 spiro atoms. The van der Waals surface area contributed by atoms with Crippen molar-refractivity contribution < 1.29 is 1.37 Å². The van der Waals surface area contributed by atoms with Crippen LogP contribution in [0.25, 0.3) is 62.6 Å². The van der Waals surface area contributed by atoms with Gasteiger partial charge in [0.25, 0.3) is 0 Å². The van der Waals surface area contributed by atoms with Crippen molar-refractivity contribution >= 4 is 152 Å². The third kappa shape index (κ3) is 11.5. The quantitative estimate of drug-likeness (QED) is 0.106. The minimum atomic E-state index is -0.340. The molecule has 7 heteroatoms. The van der Waals surface area contributed by atoms with Crippen LogP contribution < -0.4 is 5.73 Å². The summed E-state index contributed by atoms with van der Waals surface area (Å²) in [5.74, 6) is 0. The van der Waals surface area contributed by atoms with Crippen molar-refractivity contribution in [3.05, 3.63) is 210 Å². The molecule has 10 rings (SSSR count). The van der Waals surface area contributed by atoms with Gasteiger partial charge < -0.3 is 5.73 Å². The summed E-state index contributed by atoms with van der Waals surface area (Å²) in [5.41, 5.74) is 14.1. The highest BCUT2D eigenvalue weighted by Gasteiger charge is 2.07. The molecule has 0 aliphatic heterocycles. The van der Waals surface area contributed by atoms with Crippen molar-refractivity contribution in [3.63, 3.8) is 0 Å². The summed E-state index contributed by atoms with van der Waals surface area (Å²) in [6.07, 6.45) is 0.971. The van der Waals surface area contributed by atoms with E-state index in [-0.39, 0.29) is -0.0858 Å². The maximum absolute atomic E-state index is 6.90. The first kappa shape index (κ1) is 40.4. The maximum atomic E-state index is 6.90. The molecule has 0 unspecified atom stereocenters. The summed E-state index contributed by atoms with van der Waals surface area (Å²) in [7, 11) is 0. The van der Waals surface area contributed by atoms with E-state index in [1.165, 1.54) is 73.7 Å². The van der Waals surface area contributed by atoms with Crippen molar-refractivity contribution in [1.82, 2.24) is 0 Å². The van der Waals surface area contributed by atoms with Crippen LogP contribution in [0, 0.1) is 0 Å². The molecule has 1 nitrogen and oxygen atoms in total. The van der Waals surface area contributed by atoms with E-state index in [9.17, 15) is 0 Å². The zero-order valence-corrected chi connectivity index (χ0v) is 40.3. The van der Waals surface area contributed by atoms with Gasteiger partial charge in [-0.1, -0.05) is 235 Å². The van der Waals surface area contributed by atoms with Crippen LogP contribution in [0.5, 0.6) is 0 Å². The Morgan fingerprint density at radius 1 is 0.439 bits per heavy atom. The number of halogens is 4. The second-order valence-electron chi connectivity index (χ2n) is 13.1. The lowest BCUT2D eigenvalue weighted by Crippen LogP contribution is -1.88. The Balaban J connectivity index is 0.000000135. The zero-order chi connectivity index (χ0) is 40.5. The number of benzene rings is 8. The maximum Gasteiger partial charge on any atom is 0.114 e. The van der Waals surface area contributed by atoms with Gasteiger partial charge in [0.1, 0.15) is -0.0858 Å². The fourth-order valence-electron chi connectivity index (χ4n) is 6.57. The largest absolute Gasteiger partial charge is 0.399 e. The Morgan fingerprint density at radius 2 is 0.825 bits per heavy atom. The summed E-state index contributed by atoms with van der Waals surface area (Å²) < 4.78 is 13.2. The molecule has 10 aromatic rings. The third-order valence-corrected chi connectivity index (χ3v) is 12.0. The number of nitrogen functional groups attached to an aromatic ring is 1. The lowest BCUT2D eigenvalue weighted by atomic mass is 10.00. The predicted octanol–water partition coefficient (Wildman–Crippen LogP) is 17.6. The smallest absolute Gasteiger partial charge is 0.114 e. The predicted molar refractivity (Wildman–Crippen MR) is 283 cm³/mol. The second-order valence-corrected chi connectivity index (χ2v) is 25.6. The molecule has 0 atom stereocenters. The minimum Gasteiger partial charge on any atom is -0.399 e. The van der Waals surface area contributed by atoms with Gasteiger partial charge in [0.2, 0.25) is 0 Å². The van der Waals surface area contributed by atoms with E-state index < -0.39 is 0 Å². The van der Waals surface area contributed by atoms with Gasteiger partial charge in [-0.05, 0) is 82.3 Å². The Bertz CT molecular complexity index is 2870. The molecule has 0 bridgehead atoms. The average molecular weight is 1180 g/mol. The molecule has 282 valence electrons. The number of hydrogen-bond donors (Lipinski definition) is 1. The molecular weight excluding hydrogens is 1140 g/mol. The minimum absolute atomic E-state index is 0.340. The molecule has 8 aromatic carbocycles. The first-order chi connectivity index (χ1) is 28.1. The fraction of sp³-hybridized carbons (Fsp3) is 0.0400. The lowest BCUT2D eigenvalue weighted by molar-refractivity contribution is 1.20. The molecule has 0 amide bonds. The molecule has 0 radical (unpaired) electrons. The Kier molecular flexibility index (Phi) is 14.6. The van der Waals surface area contributed by atoms with Crippen molar-refractivity contribution in [1.29, 1.82) is 0 Å². The molecule has 2 heterocycles. The SMILES string of the molecule is Brc1ccc2c(c1)sc1ccccc12.Nc1ccc(-c2ccccc2)cc1.[2H]C(I)(I)I.c1ccc(-c2ccc(Cc3ccc4c(c3)sc3ccccc34)cc2)cc1. The summed E-state index contributed by atoms with van der Waals surface area (Å²) in [4.78, 5) is 0. The summed E-state index contributed by atoms with van der Waals surface area (Å²) in [6, 6.07) is 68.2. The zero-order valence-electron chi connectivity index (χ0n) is 31.6. The molecule has 0 saturated heterocycles. The van der Waals surface area contributed by atoms with Gasteiger partial charge >= 0.3 is 0 Å². The van der Waals surface area contributed by atoms with Crippen molar-refractivity contribution in [2.45, 2.75) is 6.33 Å². The van der Waals surface area contributed by atoms with Gasteiger partial charge in [0, 0.05) is 50.5 Å². The lowest BCUT2D eigenvalue weighted by Gasteiger charge is -2.05. The van der Waals surface area contributed by atoms with Crippen molar-refractivity contribution in [3.8, 4) is 22.3 Å². The van der Waals surface area contributed by atoms with Crippen LogP contribution in [-0.2, 0) is 6.42 Å². The molecule has 0 aliphatic carbocycles. The van der Waals surface area contributed by atoms with Crippen LogP contribution in [0.1, 0.15) is 12.5 Å². The van der Waals surface area contributed by atoms with E-state index in [0.29, 0.717) is 0 Å². The van der Waals surface area contributed by atoms with Gasteiger partial charge in [-0.3, -0.25) is 0 Å². The molecular formula is C50H37BrI3NS2. The molecule has 57 heavy (non-hydrogen) atoms. The standard InChI is InChI=1S/C25H18S.C12H7BrS.C12H11N.CHI3/c1-2-6-20(7-3-1)21-13-10-18(11-14-21)16-19-12-15-23-22-8-4-5-9-24(22)26-25(23)17-19;13-8-5-6-10-9-3-1-2-4-11(9)14-12(10)7-8;13-12-8-6-11(7-9-12)10-4-2-1-3-5-10;2-1(3)4/h1-15,17H,16H2;1-7H;1-9H,13H2;1H/i;;;1D. The topological polar surface area (TPSA) is 26.0 Å². The number of hydrogen-bond acceptors (Lipinski definition) is 3. The van der Waals surface area contributed by atoms with Gasteiger partial charge in [-0.2, -0.15) is 0 Å². The van der Waals surface area contributed by atoms with Gasteiger partial charge in [-0.15, -0.1) is 22.7 Å². The summed E-state index contributed by atoms with van der Waals surface area (Å²) in [5, 5.41) is 5.45. The Morgan fingerprint density at radius 3 is 1.35 bits per heavy atom. The average Bonchev–Trinajstić information content (AvgIpc) is 3.79. The molecule has 0 aliphatic rings. The van der Waals surface area contributed by atoms with Crippen molar-refractivity contribution in [2.24, 2.45) is 0 Å². The number of fused-ring (bicyclic) bond motifs is 6. The molecule has 2 aromatic heterocycles. The fourth-order valence-corrected chi connectivity index (χ4v) is 9.40. The Labute approximate surface area is 393 Å². The van der Waals surface area contributed by atoms with E-state index in [4.69, 9.17) is 7.10 Å². The van der Waals surface area contributed by atoms with Crippen LogP contribution >= 0.6 is 106 Å². The first-order valence-corrected chi connectivity index (χ1v) is 23.8. The van der Waals surface area contributed by atoms with Crippen molar-refractivity contribution in [2.75, 3.05) is 5.73 Å². The third-order valence-electron chi connectivity index (χ3n) is 9.27. The highest BCUT2D eigenvalue weighted by Crippen LogP contribution is 2.36. The molecule has 0 fully saturated rings. The second kappa shape index (κ2) is 20.6. The van der Waals surface area contributed by atoms with E-state index in [0.717, 1.165) is 16.6 Å². The number of anilines is 1. The summed E-state index contributed by atoms with van der Waals surface area (Å²) in [6.45, 7) is 0. The van der Waals surface area contributed by atoms with E-state index in [1.807, 2.05) is 133 Å². The highest BCUT2D eigenvalue weighted by molar-refractivity contribution is 14.3. The monoisotopic (exact) mass is 1180 g/mol. The number of alkyl halides is 3. The van der Waals surface area contributed by atoms with E-state index >= 15 is 0 Å². The first-order valence-electron chi connectivity index (χ1n) is 18.7. The van der Waals surface area contributed by atoms with Gasteiger partial charge in [0.15, 0.2) is 0 Å². The van der Waals surface area contributed by atoms with Crippen LogP contribution in [-0.4, -0.2) is -0.0858 Å². The van der Waals surface area contributed by atoms with Crippen LogP contribution in [0.2, 0.25) is 0 Å². The Hall–Kier alpha value is -3.33. The summed E-state index contributed by atoms with van der Waals surface area (Å²) >= 11 is 13.3.